The highest BCUT2D eigenvalue weighted by Gasteiger charge is 2.28. The summed E-state index contributed by atoms with van der Waals surface area (Å²) in [6.07, 6.45) is 6.51. The molecule has 0 unspecified atom stereocenters. The summed E-state index contributed by atoms with van der Waals surface area (Å²) in [5.41, 5.74) is 4.39. The number of hydrogen-bond donors (Lipinski definition) is 0. The second-order valence-electron chi connectivity index (χ2n) is 8.05. The van der Waals surface area contributed by atoms with Crippen LogP contribution in [0.15, 0.2) is 18.2 Å². The Balaban J connectivity index is 1.76. The van der Waals surface area contributed by atoms with E-state index in [9.17, 15) is 4.79 Å². The first kappa shape index (κ1) is 20.4. The molecule has 1 aromatic carbocycles. The second kappa shape index (κ2) is 8.11. The molecule has 1 saturated carbocycles. The van der Waals surface area contributed by atoms with Crippen LogP contribution in [0.4, 0.5) is 0 Å². The SMILES string of the molecule is CCOC(=O)c1sc(-c2cc(Cl)c3c(c2)cc(CC2CCCC2)n3C)[n+](C)c1C. The monoisotopic (exact) mass is 431 g/mol. The summed E-state index contributed by atoms with van der Waals surface area (Å²) in [7, 11) is 4.10. The molecule has 1 fully saturated rings. The molecule has 154 valence electrons. The predicted octanol–water partition coefficient (Wildman–Crippen LogP) is 5.60. The average molecular weight is 432 g/mol. The lowest BCUT2D eigenvalue weighted by Crippen LogP contribution is -2.32. The van der Waals surface area contributed by atoms with Gasteiger partial charge in [-0.1, -0.05) is 48.6 Å². The summed E-state index contributed by atoms with van der Waals surface area (Å²) in [4.78, 5) is 12.9. The smallest absolute Gasteiger partial charge is 0.355 e. The van der Waals surface area contributed by atoms with Gasteiger partial charge in [0, 0.05) is 25.1 Å². The zero-order valence-corrected chi connectivity index (χ0v) is 19.1. The van der Waals surface area contributed by atoms with Crippen LogP contribution in [0.25, 0.3) is 21.5 Å². The summed E-state index contributed by atoms with van der Waals surface area (Å²) in [5, 5.41) is 2.92. The maximum absolute atomic E-state index is 12.3. The molecule has 2 heterocycles. The van der Waals surface area contributed by atoms with Crippen LogP contribution in [0.1, 0.15) is 53.7 Å². The second-order valence-corrected chi connectivity index (χ2v) is 9.45. The van der Waals surface area contributed by atoms with E-state index in [-0.39, 0.29) is 5.97 Å². The molecule has 4 rings (SSSR count). The van der Waals surface area contributed by atoms with Crippen molar-refractivity contribution < 1.29 is 14.1 Å². The van der Waals surface area contributed by atoms with E-state index in [4.69, 9.17) is 16.3 Å². The molecule has 3 aromatic rings. The Kier molecular flexibility index (Phi) is 5.71. The molecule has 0 N–H and O–H groups in total. The van der Waals surface area contributed by atoms with Crippen LogP contribution in [0, 0.1) is 12.8 Å². The topological polar surface area (TPSA) is 35.1 Å². The zero-order chi connectivity index (χ0) is 20.7. The molecule has 0 spiro atoms. The fourth-order valence-electron chi connectivity index (χ4n) is 4.52. The van der Waals surface area contributed by atoms with Gasteiger partial charge in [0.05, 0.1) is 22.7 Å². The van der Waals surface area contributed by atoms with E-state index in [2.05, 4.69) is 28.3 Å². The summed E-state index contributed by atoms with van der Waals surface area (Å²) in [6.45, 7) is 4.16. The highest BCUT2D eigenvalue weighted by molar-refractivity contribution is 7.16. The number of nitrogens with zero attached hydrogens (tertiary/aromatic N) is 2. The van der Waals surface area contributed by atoms with Gasteiger partial charge in [0.1, 0.15) is 7.05 Å². The number of fused-ring (bicyclic) bond motifs is 1. The van der Waals surface area contributed by atoms with E-state index in [1.165, 1.54) is 42.7 Å². The van der Waals surface area contributed by atoms with Crippen molar-refractivity contribution >= 4 is 39.8 Å². The maximum atomic E-state index is 12.3. The molecule has 0 amide bonds. The molecule has 6 heteroatoms. The molecule has 29 heavy (non-hydrogen) atoms. The van der Waals surface area contributed by atoms with Gasteiger partial charge in [-0.3, -0.25) is 0 Å². The Labute approximate surface area is 181 Å². The number of halogens is 1. The molecule has 0 atom stereocenters. The van der Waals surface area contributed by atoms with E-state index in [1.807, 2.05) is 27.0 Å². The number of hydrogen-bond acceptors (Lipinski definition) is 3. The maximum Gasteiger partial charge on any atom is 0.355 e. The summed E-state index contributed by atoms with van der Waals surface area (Å²) in [6, 6.07) is 6.50. The highest BCUT2D eigenvalue weighted by Crippen LogP contribution is 2.36. The van der Waals surface area contributed by atoms with Crippen LogP contribution in [-0.2, 0) is 25.3 Å². The van der Waals surface area contributed by atoms with Crippen molar-refractivity contribution in [1.29, 1.82) is 0 Å². The van der Waals surface area contributed by atoms with Crippen LogP contribution in [0.5, 0.6) is 0 Å². The number of carbonyl (C=O) groups is 1. The third-order valence-electron chi connectivity index (χ3n) is 6.20. The minimum absolute atomic E-state index is 0.261. The minimum Gasteiger partial charge on any atom is -0.462 e. The van der Waals surface area contributed by atoms with Crippen molar-refractivity contribution in [3.63, 3.8) is 0 Å². The van der Waals surface area contributed by atoms with Gasteiger partial charge < -0.3 is 9.30 Å². The summed E-state index contributed by atoms with van der Waals surface area (Å²) in [5.74, 6) is 0.531. The van der Waals surface area contributed by atoms with Crippen LogP contribution < -0.4 is 4.57 Å². The fourth-order valence-corrected chi connectivity index (χ4v) is 6.00. The largest absolute Gasteiger partial charge is 0.462 e. The van der Waals surface area contributed by atoms with E-state index >= 15 is 0 Å². The number of aryl methyl sites for hydroxylation is 1. The van der Waals surface area contributed by atoms with Crippen molar-refractivity contribution in [1.82, 2.24) is 4.57 Å². The van der Waals surface area contributed by atoms with Gasteiger partial charge in [0.25, 0.3) is 5.01 Å². The third kappa shape index (κ3) is 3.71. The normalized spacial score (nSPS) is 14.8. The number of esters is 1. The van der Waals surface area contributed by atoms with Crippen LogP contribution in [-0.4, -0.2) is 17.1 Å². The Hall–Kier alpha value is -1.85. The summed E-state index contributed by atoms with van der Waals surface area (Å²) >= 11 is 8.21. The molecule has 0 bridgehead atoms. The molecule has 1 aliphatic carbocycles. The summed E-state index contributed by atoms with van der Waals surface area (Å²) < 4.78 is 9.52. The molecular formula is C23H28ClN2O2S+. The third-order valence-corrected chi connectivity index (χ3v) is 7.85. The van der Waals surface area contributed by atoms with E-state index in [0.717, 1.165) is 44.5 Å². The number of benzene rings is 1. The Morgan fingerprint density at radius 2 is 2.03 bits per heavy atom. The molecular weight excluding hydrogens is 404 g/mol. The number of aromatic nitrogens is 2. The van der Waals surface area contributed by atoms with Gasteiger partial charge in [-0.15, -0.1) is 0 Å². The fraction of sp³-hybridized carbons (Fsp3) is 0.478. The first-order chi connectivity index (χ1) is 13.9. The van der Waals surface area contributed by atoms with Gasteiger partial charge in [0.2, 0.25) is 5.69 Å². The molecule has 1 aliphatic rings. The lowest BCUT2D eigenvalue weighted by Gasteiger charge is -2.10. The van der Waals surface area contributed by atoms with Gasteiger partial charge in [0.15, 0.2) is 4.88 Å². The van der Waals surface area contributed by atoms with Crippen molar-refractivity contribution in [3.8, 4) is 10.6 Å². The number of rotatable bonds is 5. The molecule has 4 nitrogen and oxygen atoms in total. The van der Waals surface area contributed by atoms with Crippen LogP contribution in [0.3, 0.4) is 0 Å². The van der Waals surface area contributed by atoms with Crippen molar-refractivity contribution in [2.45, 2.75) is 46.0 Å². The van der Waals surface area contributed by atoms with Crippen molar-refractivity contribution in [2.24, 2.45) is 20.0 Å². The minimum atomic E-state index is -0.261. The van der Waals surface area contributed by atoms with E-state index in [0.29, 0.717) is 11.5 Å². The first-order valence-electron chi connectivity index (χ1n) is 10.4. The molecule has 0 aliphatic heterocycles. The Bertz CT molecular complexity index is 1080. The lowest BCUT2D eigenvalue weighted by molar-refractivity contribution is -0.662. The molecule has 2 aromatic heterocycles. The van der Waals surface area contributed by atoms with Gasteiger partial charge >= 0.3 is 5.97 Å². The zero-order valence-electron chi connectivity index (χ0n) is 17.5. The van der Waals surface area contributed by atoms with Gasteiger partial charge in [-0.2, -0.15) is 4.57 Å². The number of ether oxygens (including phenoxy) is 1. The number of carbonyl (C=O) groups excluding carboxylic acids is 1. The van der Waals surface area contributed by atoms with E-state index < -0.39 is 0 Å². The molecule has 0 saturated heterocycles. The lowest BCUT2D eigenvalue weighted by atomic mass is 10.0. The van der Waals surface area contributed by atoms with Crippen LogP contribution in [0.2, 0.25) is 5.02 Å². The van der Waals surface area contributed by atoms with Crippen LogP contribution >= 0.6 is 22.9 Å². The van der Waals surface area contributed by atoms with Gasteiger partial charge in [-0.25, -0.2) is 4.79 Å². The number of thiazole rings is 1. The standard InChI is InChI=1S/C23H28ClN2O2S/c1-5-28-23(27)21-14(2)25(3)22(29-21)17-11-16-12-18(10-15-8-6-7-9-15)26(4)20(16)19(24)13-17/h11-13,15H,5-10H2,1-4H3/q+1. The van der Waals surface area contributed by atoms with Crippen molar-refractivity contribution in [2.75, 3.05) is 6.61 Å². The highest BCUT2D eigenvalue weighted by atomic mass is 35.5. The Morgan fingerprint density at radius 1 is 1.31 bits per heavy atom. The predicted molar refractivity (Wildman–Crippen MR) is 119 cm³/mol. The van der Waals surface area contributed by atoms with Crippen molar-refractivity contribution in [3.05, 3.63) is 39.5 Å². The Morgan fingerprint density at radius 3 is 2.72 bits per heavy atom. The van der Waals surface area contributed by atoms with E-state index in [1.54, 1.807) is 0 Å². The first-order valence-corrected chi connectivity index (χ1v) is 11.5. The quantitative estimate of drug-likeness (QED) is 0.389. The average Bonchev–Trinajstić information content (AvgIpc) is 3.37. The molecule has 0 radical (unpaired) electrons. The van der Waals surface area contributed by atoms with Gasteiger partial charge in [-0.05, 0) is 37.5 Å².